The monoisotopic (exact) mass is 753 g/mol. The summed E-state index contributed by atoms with van der Waals surface area (Å²) in [7, 11) is 2.46. The first-order valence-corrected chi connectivity index (χ1v) is 18.4. The molecule has 0 spiro atoms. The van der Waals surface area contributed by atoms with Gasteiger partial charge in [-0.3, -0.25) is 14.6 Å². The van der Waals surface area contributed by atoms with Crippen molar-refractivity contribution in [2.24, 2.45) is 10.8 Å². The van der Waals surface area contributed by atoms with Gasteiger partial charge in [-0.1, -0.05) is 114 Å². The number of rotatable bonds is 14. The quantitative estimate of drug-likeness (QED) is 0.105. The highest BCUT2D eigenvalue weighted by atomic mass is 16.5. The van der Waals surface area contributed by atoms with E-state index in [0.29, 0.717) is 6.42 Å². The number of aromatic nitrogens is 1. The molecule has 0 aliphatic carbocycles. The number of carbonyl (C=O) groups is 4. The zero-order valence-electron chi connectivity index (χ0n) is 33.0. The molecule has 4 rings (SSSR count). The van der Waals surface area contributed by atoms with Crippen molar-refractivity contribution in [1.82, 2.24) is 26.3 Å². The molecule has 0 saturated carbocycles. The number of pyridine rings is 1. The minimum Gasteiger partial charge on any atom is -0.453 e. The van der Waals surface area contributed by atoms with Crippen LogP contribution in [0.15, 0.2) is 91.1 Å². The number of methoxy groups -OCH3 is 2. The van der Waals surface area contributed by atoms with Gasteiger partial charge in [0.15, 0.2) is 0 Å². The van der Waals surface area contributed by atoms with E-state index in [1.165, 1.54) is 14.2 Å². The van der Waals surface area contributed by atoms with Gasteiger partial charge in [0.05, 0.1) is 31.9 Å². The fourth-order valence-electron chi connectivity index (χ4n) is 6.40. The van der Waals surface area contributed by atoms with Crippen molar-refractivity contribution in [3.05, 3.63) is 102 Å². The first kappa shape index (κ1) is 42.3. The van der Waals surface area contributed by atoms with E-state index in [1.807, 2.05) is 127 Å². The van der Waals surface area contributed by atoms with Crippen LogP contribution in [0.3, 0.4) is 0 Å². The Morgan fingerprint density at radius 1 is 0.655 bits per heavy atom. The Hall–Kier alpha value is -5.49. The number of nitrogens with zero attached hydrogens (tertiary/aromatic N) is 1. The van der Waals surface area contributed by atoms with Crippen molar-refractivity contribution in [1.29, 1.82) is 0 Å². The third-order valence-corrected chi connectivity index (χ3v) is 9.47. The number of aliphatic hydroxyl groups is 1. The lowest BCUT2D eigenvalue weighted by Crippen LogP contribution is -2.59. The number of carbonyl (C=O) groups excluding carboxylic acids is 4. The highest BCUT2D eigenvalue weighted by Crippen LogP contribution is 2.26. The number of hydrogen-bond acceptors (Lipinski definition) is 8. The van der Waals surface area contributed by atoms with Crippen LogP contribution in [0.25, 0.3) is 22.0 Å². The summed E-state index contributed by atoms with van der Waals surface area (Å²) in [6, 6.07) is 24.0. The Balaban J connectivity index is 1.65. The third-order valence-electron chi connectivity index (χ3n) is 9.47. The minimum absolute atomic E-state index is 0.0477. The van der Waals surface area contributed by atoms with Crippen LogP contribution < -0.4 is 21.3 Å². The summed E-state index contributed by atoms with van der Waals surface area (Å²) in [5, 5.41) is 24.4. The lowest BCUT2D eigenvalue weighted by atomic mass is 9.85. The van der Waals surface area contributed by atoms with Gasteiger partial charge in [-0.2, -0.15) is 0 Å². The number of benzene rings is 3. The van der Waals surface area contributed by atoms with Gasteiger partial charge in [0, 0.05) is 23.2 Å². The molecule has 0 bridgehead atoms. The van der Waals surface area contributed by atoms with E-state index in [-0.39, 0.29) is 12.8 Å². The molecule has 55 heavy (non-hydrogen) atoms. The van der Waals surface area contributed by atoms with E-state index in [2.05, 4.69) is 32.3 Å². The summed E-state index contributed by atoms with van der Waals surface area (Å²) in [6.45, 7) is 10.9. The van der Waals surface area contributed by atoms with Gasteiger partial charge >= 0.3 is 12.2 Å². The lowest BCUT2D eigenvalue weighted by Gasteiger charge is -2.34. The normalized spacial score (nSPS) is 14.4. The molecule has 0 radical (unpaired) electrons. The second kappa shape index (κ2) is 18.7. The molecule has 12 heteroatoms. The molecular weight excluding hydrogens is 699 g/mol. The molecule has 12 nitrogen and oxygen atoms in total. The maximum absolute atomic E-state index is 14.0. The molecule has 0 fully saturated rings. The van der Waals surface area contributed by atoms with Crippen LogP contribution in [0, 0.1) is 10.8 Å². The van der Waals surface area contributed by atoms with E-state index in [4.69, 9.17) is 9.47 Å². The maximum atomic E-state index is 14.0. The molecule has 1 heterocycles. The number of ether oxygens (including phenoxy) is 2. The van der Waals surface area contributed by atoms with Crippen molar-refractivity contribution >= 4 is 34.9 Å². The second-order valence-corrected chi connectivity index (χ2v) is 16.0. The SMILES string of the molecule is COC(=O)N[C@H](C(=O)N[C@@H](Cc1ccccc1)C[C@H](O)[C@H](Cc1ccc(-c2cnc3ccccc3c2)cc1)NC(=O)[C@@H](NC(=O)OC)C(C)(C)C)C(C)(C)C. The second-order valence-electron chi connectivity index (χ2n) is 16.0. The summed E-state index contributed by atoms with van der Waals surface area (Å²) in [5.41, 5.74) is 3.19. The molecule has 1 aromatic heterocycles. The van der Waals surface area contributed by atoms with E-state index in [9.17, 15) is 24.3 Å². The number of alkyl carbamates (subject to hydrolysis) is 2. The molecular formula is C43H55N5O7. The molecule has 0 unspecified atom stereocenters. The number of aliphatic hydroxyl groups excluding tert-OH is 1. The molecule has 5 N–H and O–H groups in total. The molecule has 5 atom stereocenters. The zero-order chi connectivity index (χ0) is 40.3. The van der Waals surface area contributed by atoms with Crippen LogP contribution in [0.5, 0.6) is 0 Å². The summed E-state index contributed by atoms with van der Waals surface area (Å²) in [4.78, 5) is 56.9. The maximum Gasteiger partial charge on any atom is 0.407 e. The Kier molecular flexibility index (Phi) is 14.4. The van der Waals surface area contributed by atoms with Gasteiger partial charge in [-0.15, -0.1) is 0 Å². The van der Waals surface area contributed by atoms with Crippen LogP contribution in [-0.4, -0.2) is 78.6 Å². The van der Waals surface area contributed by atoms with Crippen molar-refractivity contribution < 1.29 is 33.8 Å². The highest BCUT2D eigenvalue weighted by Gasteiger charge is 2.37. The Bertz CT molecular complexity index is 1900. The summed E-state index contributed by atoms with van der Waals surface area (Å²) >= 11 is 0. The van der Waals surface area contributed by atoms with Crippen molar-refractivity contribution in [2.45, 2.75) is 91.1 Å². The predicted octanol–water partition coefficient (Wildman–Crippen LogP) is 5.95. The van der Waals surface area contributed by atoms with Gasteiger partial charge in [-0.05, 0) is 58.9 Å². The van der Waals surface area contributed by atoms with E-state index < -0.39 is 65.1 Å². The fraction of sp³-hybridized carbons (Fsp3) is 0.419. The van der Waals surface area contributed by atoms with Gasteiger partial charge in [0.2, 0.25) is 11.8 Å². The fourth-order valence-corrected chi connectivity index (χ4v) is 6.40. The van der Waals surface area contributed by atoms with Crippen LogP contribution in [0.2, 0.25) is 0 Å². The standard InChI is InChI=1S/C43H55N5O7/c1-42(2,3)36(47-40(52)54-7)38(50)45-32(22-27-14-10-9-11-15-27)25-35(49)34(46-39(51)37(43(4,5)6)48-41(53)55-8)23-28-18-20-29(21-19-28)31-24-30-16-12-13-17-33(30)44-26-31/h9-21,24,26,32,34-37,49H,22-23,25H2,1-8H3,(H,45,50)(H,46,51)(H,47,52)(H,48,53)/t32-,34-,35-,36+,37+/m0/s1. The largest absolute Gasteiger partial charge is 0.453 e. The molecule has 4 aromatic rings. The van der Waals surface area contributed by atoms with Gasteiger partial charge in [0.1, 0.15) is 12.1 Å². The van der Waals surface area contributed by atoms with Crippen molar-refractivity contribution in [3.8, 4) is 11.1 Å². The van der Waals surface area contributed by atoms with Crippen LogP contribution in [0.1, 0.15) is 59.1 Å². The number of amides is 4. The smallest absolute Gasteiger partial charge is 0.407 e. The van der Waals surface area contributed by atoms with Crippen LogP contribution in [-0.2, 0) is 31.9 Å². The van der Waals surface area contributed by atoms with E-state index in [0.717, 1.165) is 33.2 Å². The zero-order valence-corrected chi connectivity index (χ0v) is 33.0. The van der Waals surface area contributed by atoms with Gasteiger partial charge in [-0.25, -0.2) is 9.59 Å². The average Bonchev–Trinajstić information content (AvgIpc) is 3.14. The molecule has 0 aliphatic rings. The van der Waals surface area contributed by atoms with Gasteiger partial charge < -0.3 is 35.8 Å². The summed E-state index contributed by atoms with van der Waals surface area (Å²) < 4.78 is 9.60. The molecule has 3 aromatic carbocycles. The average molecular weight is 754 g/mol. The minimum atomic E-state index is -1.16. The van der Waals surface area contributed by atoms with Crippen molar-refractivity contribution in [2.75, 3.05) is 14.2 Å². The Morgan fingerprint density at radius 3 is 1.75 bits per heavy atom. The summed E-state index contributed by atoms with van der Waals surface area (Å²) in [5.74, 6) is -0.944. The van der Waals surface area contributed by atoms with Crippen LogP contribution >= 0.6 is 0 Å². The number of fused-ring (bicyclic) bond motifs is 1. The molecule has 294 valence electrons. The first-order valence-electron chi connectivity index (χ1n) is 18.4. The number of nitrogens with one attached hydrogen (secondary N) is 4. The van der Waals surface area contributed by atoms with Crippen LogP contribution in [0.4, 0.5) is 9.59 Å². The lowest BCUT2D eigenvalue weighted by molar-refractivity contribution is -0.128. The topological polar surface area (TPSA) is 168 Å². The van der Waals surface area contributed by atoms with Gasteiger partial charge in [0.25, 0.3) is 0 Å². The molecule has 4 amide bonds. The Morgan fingerprint density at radius 2 is 1.18 bits per heavy atom. The first-order chi connectivity index (χ1) is 26.0. The van der Waals surface area contributed by atoms with E-state index in [1.54, 1.807) is 0 Å². The highest BCUT2D eigenvalue weighted by molar-refractivity contribution is 5.87. The third kappa shape index (κ3) is 12.3. The predicted molar refractivity (Wildman–Crippen MR) is 213 cm³/mol. The number of para-hydroxylation sites is 1. The molecule has 0 aliphatic heterocycles. The summed E-state index contributed by atoms with van der Waals surface area (Å²) in [6.07, 6.45) is -0.188. The number of hydrogen-bond donors (Lipinski definition) is 5. The van der Waals surface area contributed by atoms with Crippen molar-refractivity contribution in [3.63, 3.8) is 0 Å². The Labute approximate surface area is 323 Å². The molecule has 0 saturated heterocycles. The van der Waals surface area contributed by atoms with E-state index >= 15 is 0 Å².